The van der Waals surface area contributed by atoms with Crippen molar-refractivity contribution < 1.29 is 9.21 Å². The van der Waals surface area contributed by atoms with Crippen LogP contribution in [-0.4, -0.2) is 26.1 Å². The molecule has 0 saturated carbocycles. The third-order valence-corrected chi connectivity index (χ3v) is 1.74. The number of nitrogens with one attached hydrogen (secondary N) is 1. The molecule has 2 aromatic rings. The summed E-state index contributed by atoms with van der Waals surface area (Å²) in [4.78, 5) is 11.3. The molecule has 0 aliphatic heterocycles. The van der Waals surface area contributed by atoms with Gasteiger partial charge in [0.2, 0.25) is 5.91 Å². The van der Waals surface area contributed by atoms with Gasteiger partial charge in [-0.3, -0.25) is 4.79 Å². The number of aromatic nitrogens is 4. The van der Waals surface area contributed by atoms with Crippen molar-refractivity contribution in [1.29, 1.82) is 0 Å². The summed E-state index contributed by atoms with van der Waals surface area (Å²) in [7, 11) is 0. The molecule has 0 unspecified atom stereocenters. The SMILES string of the molecule is O=C(Cn1cnnn1)NCc1ccco1. The number of carbonyl (C=O) groups is 1. The van der Waals surface area contributed by atoms with Crippen molar-refractivity contribution in [2.45, 2.75) is 13.1 Å². The van der Waals surface area contributed by atoms with Crippen molar-refractivity contribution >= 4 is 5.91 Å². The first-order valence-electron chi connectivity index (χ1n) is 4.34. The second-order valence-electron chi connectivity index (χ2n) is 2.86. The van der Waals surface area contributed by atoms with E-state index in [1.165, 1.54) is 11.0 Å². The van der Waals surface area contributed by atoms with Crippen LogP contribution in [0.25, 0.3) is 0 Å². The number of rotatable bonds is 4. The molecule has 0 radical (unpaired) electrons. The number of amides is 1. The molecule has 78 valence electrons. The zero-order chi connectivity index (χ0) is 10.5. The molecule has 0 spiro atoms. The Morgan fingerprint density at radius 1 is 1.60 bits per heavy atom. The van der Waals surface area contributed by atoms with Gasteiger partial charge in [-0.25, -0.2) is 4.68 Å². The Kier molecular flexibility index (Phi) is 2.72. The lowest BCUT2D eigenvalue weighted by molar-refractivity contribution is -0.122. The maximum absolute atomic E-state index is 11.3. The molecule has 0 atom stereocenters. The van der Waals surface area contributed by atoms with Gasteiger partial charge in [-0.1, -0.05) is 0 Å². The average Bonchev–Trinajstić information content (AvgIpc) is 2.86. The molecule has 0 aliphatic rings. The van der Waals surface area contributed by atoms with Gasteiger partial charge < -0.3 is 9.73 Å². The average molecular weight is 207 g/mol. The fourth-order valence-corrected chi connectivity index (χ4v) is 1.05. The summed E-state index contributed by atoms with van der Waals surface area (Å²) in [5, 5.41) is 13.1. The molecule has 0 bridgehead atoms. The lowest BCUT2D eigenvalue weighted by Gasteiger charge is -2.01. The van der Waals surface area contributed by atoms with Crippen LogP contribution in [0.2, 0.25) is 0 Å². The Morgan fingerprint density at radius 3 is 3.20 bits per heavy atom. The van der Waals surface area contributed by atoms with Crippen LogP contribution in [0.1, 0.15) is 5.76 Å². The highest BCUT2D eigenvalue weighted by Gasteiger charge is 2.04. The van der Waals surface area contributed by atoms with Crippen molar-refractivity contribution in [3.05, 3.63) is 30.5 Å². The van der Waals surface area contributed by atoms with Crippen LogP contribution in [-0.2, 0) is 17.9 Å². The predicted octanol–water partition coefficient (Wildman–Crippen LogP) is -0.418. The summed E-state index contributed by atoms with van der Waals surface area (Å²) in [6, 6.07) is 3.56. The van der Waals surface area contributed by atoms with E-state index in [4.69, 9.17) is 4.42 Å². The zero-order valence-electron chi connectivity index (χ0n) is 7.83. The van der Waals surface area contributed by atoms with Gasteiger partial charge in [0.05, 0.1) is 12.8 Å². The second kappa shape index (κ2) is 4.36. The fraction of sp³-hybridized carbons (Fsp3) is 0.250. The molecule has 0 aromatic carbocycles. The van der Waals surface area contributed by atoms with Gasteiger partial charge in [-0.2, -0.15) is 0 Å². The molecule has 0 aliphatic carbocycles. The minimum Gasteiger partial charge on any atom is -0.467 e. The third-order valence-electron chi connectivity index (χ3n) is 1.74. The lowest BCUT2D eigenvalue weighted by atomic mass is 10.4. The summed E-state index contributed by atoms with van der Waals surface area (Å²) in [6.45, 7) is 0.474. The smallest absolute Gasteiger partial charge is 0.242 e. The molecule has 0 fully saturated rings. The summed E-state index contributed by atoms with van der Waals surface area (Å²) in [5.41, 5.74) is 0. The highest BCUT2D eigenvalue weighted by atomic mass is 16.3. The van der Waals surface area contributed by atoms with Crippen LogP contribution in [0.3, 0.4) is 0 Å². The lowest BCUT2D eigenvalue weighted by Crippen LogP contribution is -2.27. The van der Waals surface area contributed by atoms with Crippen molar-refractivity contribution in [2.24, 2.45) is 0 Å². The number of hydrogen-bond donors (Lipinski definition) is 1. The third kappa shape index (κ3) is 2.63. The number of furan rings is 1. The minimum atomic E-state index is -0.168. The van der Waals surface area contributed by atoms with E-state index in [0.29, 0.717) is 12.3 Å². The molecule has 7 heteroatoms. The molecule has 2 aromatic heterocycles. The quantitative estimate of drug-likeness (QED) is 0.736. The molecular formula is C8H9N5O2. The first kappa shape index (κ1) is 9.38. The van der Waals surface area contributed by atoms with Crippen LogP contribution >= 0.6 is 0 Å². The number of tetrazole rings is 1. The molecule has 1 amide bonds. The summed E-state index contributed by atoms with van der Waals surface area (Å²) >= 11 is 0. The fourth-order valence-electron chi connectivity index (χ4n) is 1.05. The highest BCUT2D eigenvalue weighted by molar-refractivity contribution is 5.75. The topological polar surface area (TPSA) is 85.8 Å². The van der Waals surface area contributed by atoms with Gasteiger partial charge >= 0.3 is 0 Å². The monoisotopic (exact) mass is 207 g/mol. The van der Waals surface area contributed by atoms with Gasteiger partial charge in [-0.05, 0) is 22.6 Å². The van der Waals surface area contributed by atoms with Crippen LogP contribution in [0.4, 0.5) is 0 Å². The van der Waals surface area contributed by atoms with E-state index < -0.39 is 0 Å². The summed E-state index contributed by atoms with van der Waals surface area (Å²) in [5.74, 6) is 0.541. The van der Waals surface area contributed by atoms with Crippen LogP contribution in [0, 0.1) is 0 Å². The normalized spacial score (nSPS) is 10.1. The van der Waals surface area contributed by atoms with E-state index in [1.54, 1.807) is 18.4 Å². The molecule has 15 heavy (non-hydrogen) atoms. The van der Waals surface area contributed by atoms with E-state index in [-0.39, 0.29) is 12.5 Å². The van der Waals surface area contributed by atoms with Gasteiger partial charge in [0.1, 0.15) is 18.6 Å². The van der Waals surface area contributed by atoms with E-state index in [9.17, 15) is 4.79 Å². The van der Waals surface area contributed by atoms with E-state index >= 15 is 0 Å². The second-order valence-corrected chi connectivity index (χ2v) is 2.86. The Bertz CT molecular complexity index is 408. The van der Waals surface area contributed by atoms with Gasteiger partial charge in [0.15, 0.2) is 0 Å². The zero-order valence-corrected chi connectivity index (χ0v) is 7.83. The number of hydrogen-bond acceptors (Lipinski definition) is 5. The van der Waals surface area contributed by atoms with Crippen molar-refractivity contribution in [2.75, 3.05) is 0 Å². The minimum absolute atomic E-state index is 0.105. The first-order chi connectivity index (χ1) is 7.34. The molecular weight excluding hydrogens is 198 g/mol. The van der Waals surface area contributed by atoms with Crippen LogP contribution in [0.5, 0.6) is 0 Å². The Hall–Kier alpha value is -2.18. The Morgan fingerprint density at radius 2 is 2.53 bits per heavy atom. The molecule has 2 rings (SSSR count). The Labute approximate surface area is 85.1 Å². The summed E-state index contributed by atoms with van der Waals surface area (Å²) < 4.78 is 6.40. The number of carbonyl (C=O) groups excluding carboxylic acids is 1. The van der Waals surface area contributed by atoms with Crippen molar-refractivity contribution in [3.8, 4) is 0 Å². The predicted molar refractivity (Wildman–Crippen MR) is 48.4 cm³/mol. The van der Waals surface area contributed by atoms with Gasteiger partial charge in [0.25, 0.3) is 0 Å². The van der Waals surface area contributed by atoms with Crippen LogP contribution < -0.4 is 5.32 Å². The Balaban J connectivity index is 1.78. The highest BCUT2D eigenvalue weighted by Crippen LogP contribution is 1.98. The van der Waals surface area contributed by atoms with Crippen molar-refractivity contribution in [1.82, 2.24) is 25.5 Å². The van der Waals surface area contributed by atoms with Gasteiger partial charge in [0, 0.05) is 0 Å². The van der Waals surface area contributed by atoms with Crippen LogP contribution in [0.15, 0.2) is 29.1 Å². The standard InChI is InChI=1S/C8H9N5O2/c14-8(5-13-6-10-11-12-13)9-4-7-2-1-3-15-7/h1-3,6H,4-5H2,(H,9,14). The molecule has 1 N–H and O–H groups in total. The number of nitrogens with zero attached hydrogens (tertiary/aromatic N) is 4. The van der Waals surface area contributed by atoms with E-state index in [2.05, 4.69) is 20.8 Å². The largest absolute Gasteiger partial charge is 0.467 e. The van der Waals surface area contributed by atoms with E-state index in [1.807, 2.05) is 0 Å². The maximum Gasteiger partial charge on any atom is 0.242 e. The van der Waals surface area contributed by atoms with Gasteiger partial charge in [-0.15, -0.1) is 5.10 Å². The maximum atomic E-state index is 11.3. The van der Waals surface area contributed by atoms with E-state index in [0.717, 1.165) is 0 Å². The first-order valence-corrected chi connectivity index (χ1v) is 4.34. The molecule has 2 heterocycles. The molecule has 0 saturated heterocycles. The summed E-state index contributed by atoms with van der Waals surface area (Å²) in [6.07, 6.45) is 2.94. The molecule has 7 nitrogen and oxygen atoms in total. The van der Waals surface area contributed by atoms with Crippen molar-refractivity contribution in [3.63, 3.8) is 0 Å².